The smallest absolute Gasteiger partial charge is 0.227 e. The van der Waals surface area contributed by atoms with Gasteiger partial charge in [-0.05, 0) is 56.0 Å². The van der Waals surface area contributed by atoms with Gasteiger partial charge in [0, 0.05) is 10.0 Å². The molecule has 0 amide bonds. The highest BCUT2D eigenvalue weighted by Crippen LogP contribution is 2.24. The first kappa shape index (κ1) is 12.4. The Morgan fingerprint density at radius 3 is 2.47 bits per heavy atom. The Hall–Kier alpha value is -1.09. The molecule has 17 heavy (non-hydrogen) atoms. The summed E-state index contributed by atoms with van der Waals surface area (Å²) in [5.74, 6) is 0.487. The van der Waals surface area contributed by atoms with E-state index < -0.39 is 0 Å². The number of ether oxygens (including phenoxy) is 1. The Labute approximate surface area is 110 Å². The first-order valence-corrected chi connectivity index (χ1v) is 6.53. The largest absolute Gasteiger partial charge is 0.490 e. The summed E-state index contributed by atoms with van der Waals surface area (Å²) in [7, 11) is 0. The third-order valence-corrected chi connectivity index (χ3v) is 4.11. The van der Waals surface area contributed by atoms with Crippen LogP contribution in [-0.2, 0) is 4.74 Å². The molecule has 2 nitrogen and oxygen atoms in total. The van der Waals surface area contributed by atoms with E-state index in [1.807, 2.05) is 32.1 Å². The van der Waals surface area contributed by atoms with E-state index in [2.05, 4.69) is 15.9 Å². The fourth-order valence-corrected chi connectivity index (χ4v) is 2.16. The lowest BCUT2D eigenvalue weighted by atomic mass is 10.0. The number of hydrogen-bond donors (Lipinski definition) is 0. The topological polar surface area (TPSA) is 26.3 Å². The number of ketones is 1. The molecule has 0 aliphatic carbocycles. The zero-order valence-corrected chi connectivity index (χ0v) is 11.6. The molecule has 1 aromatic rings. The van der Waals surface area contributed by atoms with Crippen molar-refractivity contribution in [2.24, 2.45) is 0 Å². The molecule has 1 aromatic carbocycles. The summed E-state index contributed by atoms with van der Waals surface area (Å²) in [4.78, 5) is 12.2. The molecule has 2 rings (SSSR count). The Balaban J connectivity index is 2.34. The highest BCUT2D eigenvalue weighted by atomic mass is 79.9. The highest BCUT2D eigenvalue weighted by Gasteiger charge is 2.17. The Morgan fingerprint density at radius 2 is 1.94 bits per heavy atom. The van der Waals surface area contributed by atoms with Gasteiger partial charge in [-0.1, -0.05) is 15.9 Å². The molecule has 0 atom stereocenters. The van der Waals surface area contributed by atoms with Gasteiger partial charge in [-0.2, -0.15) is 0 Å². The molecule has 1 aliphatic heterocycles. The second-order valence-corrected chi connectivity index (χ2v) is 5.11. The number of Topliss-reactive ketones (excluding diaryl/α,β-unsaturated/α-hetero) is 1. The van der Waals surface area contributed by atoms with Crippen LogP contribution < -0.4 is 0 Å². The van der Waals surface area contributed by atoms with E-state index in [1.54, 1.807) is 0 Å². The standard InChI is InChI=1S/C14H15BrO2/c1-9-7-11(8-10(2)13(9)15)14(16)12-5-3-4-6-17-12/h5,7-8H,3-4,6H2,1-2H3. The number of halogens is 1. The van der Waals surface area contributed by atoms with Gasteiger partial charge >= 0.3 is 0 Å². The quantitative estimate of drug-likeness (QED) is 0.772. The van der Waals surface area contributed by atoms with Crippen molar-refractivity contribution in [1.82, 2.24) is 0 Å². The van der Waals surface area contributed by atoms with Crippen LogP contribution >= 0.6 is 15.9 Å². The Morgan fingerprint density at radius 1 is 1.29 bits per heavy atom. The van der Waals surface area contributed by atoms with Gasteiger partial charge in [0.15, 0.2) is 5.76 Å². The van der Waals surface area contributed by atoms with Gasteiger partial charge in [0.1, 0.15) is 0 Å². The molecule has 0 bridgehead atoms. The average molecular weight is 295 g/mol. The lowest BCUT2D eigenvalue weighted by molar-refractivity contribution is 0.0899. The Bertz CT molecular complexity index is 466. The van der Waals surface area contributed by atoms with Crippen molar-refractivity contribution in [2.45, 2.75) is 26.7 Å². The second kappa shape index (κ2) is 5.05. The number of allylic oxidation sites excluding steroid dienone is 2. The van der Waals surface area contributed by atoms with E-state index in [1.165, 1.54) is 0 Å². The lowest BCUT2D eigenvalue weighted by Gasteiger charge is -2.14. The third kappa shape index (κ3) is 2.60. The van der Waals surface area contributed by atoms with Gasteiger partial charge in [0.05, 0.1) is 6.61 Å². The van der Waals surface area contributed by atoms with E-state index in [0.717, 1.165) is 28.4 Å². The van der Waals surface area contributed by atoms with Crippen molar-refractivity contribution in [3.63, 3.8) is 0 Å². The van der Waals surface area contributed by atoms with Crippen molar-refractivity contribution < 1.29 is 9.53 Å². The minimum atomic E-state index is -0.0107. The van der Waals surface area contributed by atoms with Gasteiger partial charge in [0.2, 0.25) is 5.78 Å². The number of hydrogen-bond acceptors (Lipinski definition) is 2. The SMILES string of the molecule is Cc1cc(C(=O)C2=CCCCO2)cc(C)c1Br. The van der Waals surface area contributed by atoms with Crippen LogP contribution in [0.15, 0.2) is 28.4 Å². The monoisotopic (exact) mass is 294 g/mol. The first-order chi connectivity index (χ1) is 8.09. The third-order valence-electron chi connectivity index (χ3n) is 2.86. The molecule has 0 N–H and O–H groups in total. The van der Waals surface area contributed by atoms with Crippen LogP contribution in [0.2, 0.25) is 0 Å². The van der Waals surface area contributed by atoms with Gasteiger partial charge in [-0.3, -0.25) is 4.79 Å². The predicted molar refractivity (Wildman–Crippen MR) is 71.2 cm³/mol. The molecular formula is C14H15BrO2. The van der Waals surface area contributed by atoms with Crippen molar-refractivity contribution >= 4 is 21.7 Å². The van der Waals surface area contributed by atoms with Gasteiger partial charge in [-0.25, -0.2) is 0 Å². The number of carbonyl (C=O) groups excluding carboxylic acids is 1. The summed E-state index contributed by atoms with van der Waals surface area (Å²) in [5.41, 5.74) is 2.85. The van der Waals surface area contributed by atoms with Crippen LogP contribution in [0.3, 0.4) is 0 Å². The van der Waals surface area contributed by atoms with Crippen molar-refractivity contribution in [2.75, 3.05) is 6.61 Å². The van der Waals surface area contributed by atoms with E-state index in [-0.39, 0.29) is 5.78 Å². The maximum absolute atomic E-state index is 12.2. The summed E-state index contributed by atoms with van der Waals surface area (Å²) in [6.45, 7) is 4.63. The minimum Gasteiger partial charge on any atom is -0.490 e. The number of aryl methyl sites for hydroxylation is 2. The van der Waals surface area contributed by atoms with Crippen molar-refractivity contribution in [3.05, 3.63) is 45.1 Å². The van der Waals surface area contributed by atoms with Crippen LogP contribution in [-0.4, -0.2) is 12.4 Å². The summed E-state index contributed by atoms with van der Waals surface area (Å²) in [5, 5.41) is 0. The molecule has 0 fully saturated rings. The average Bonchev–Trinajstić information content (AvgIpc) is 2.35. The molecule has 0 saturated carbocycles. The molecule has 0 radical (unpaired) electrons. The Kier molecular flexibility index (Phi) is 3.67. The minimum absolute atomic E-state index is 0.0107. The molecule has 0 saturated heterocycles. The van der Waals surface area contributed by atoms with Crippen molar-refractivity contribution in [3.8, 4) is 0 Å². The predicted octanol–water partition coefficient (Wildman–Crippen LogP) is 3.94. The zero-order valence-electron chi connectivity index (χ0n) is 10.0. The molecule has 90 valence electrons. The fraction of sp³-hybridized carbons (Fsp3) is 0.357. The molecule has 0 unspecified atom stereocenters. The summed E-state index contributed by atoms with van der Waals surface area (Å²) >= 11 is 3.50. The first-order valence-electron chi connectivity index (χ1n) is 5.74. The van der Waals surface area contributed by atoms with Crippen LogP contribution in [0, 0.1) is 13.8 Å². The van der Waals surface area contributed by atoms with Crippen molar-refractivity contribution in [1.29, 1.82) is 0 Å². The molecule has 3 heteroatoms. The maximum Gasteiger partial charge on any atom is 0.227 e. The van der Waals surface area contributed by atoms with Crippen LogP contribution in [0.1, 0.15) is 34.3 Å². The summed E-state index contributed by atoms with van der Waals surface area (Å²) in [6, 6.07) is 3.80. The maximum atomic E-state index is 12.2. The molecular weight excluding hydrogens is 280 g/mol. The van der Waals surface area contributed by atoms with E-state index in [0.29, 0.717) is 17.9 Å². The fourth-order valence-electron chi connectivity index (χ4n) is 1.94. The molecule has 1 aliphatic rings. The zero-order chi connectivity index (χ0) is 12.4. The van der Waals surface area contributed by atoms with E-state index in [9.17, 15) is 4.79 Å². The van der Waals surface area contributed by atoms with Gasteiger partial charge in [-0.15, -0.1) is 0 Å². The van der Waals surface area contributed by atoms with Crippen LogP contribution in [0.25, 0.3) is 0 Å². The van der Waals surface area contributed by atoms with E-state index >= 15 is 0 Å². The second-order valence-electron chi connectivity index (χ2n) is 4.31. The van der Waals surface area contributed by atoms with Gasteiger partial charge in [0.25, 0.3) is 0 Å². The molecule has 0 spiro atoms. The summed E-state index contributed by atoms with van der Waals surface area (Å²) < 4.78 is 6.47. The number of carbonyl (C=O) groups is 1. The normalized spacial score (nSPS) is 15.1. The number of rotatable bonds is 2. The lowest BCUT2D eigenvalue weighted by Crippen LogP contribution is -2.11. The highest BCUT2D eigenvalue weighted by molar-refractivity contribution is 9.10. The van der Waals surface area contributed by atoms with Gasteiger partial charge < -0.3 is 4.74 Å². The molecule has 1 heterocycles. The summed E-state index contributed by atoms with van der Waals surface area (Å²) in [6.07, 6.45) is 3.81. The van der Waals surface area contributed by atoms with Crippen LogP contribution in [0.5, 0.6) is 0 Å². The molecule has 0 aromatic heterocycles. The van der Waals surface area contributed by atoms with E-state index in [4.69, 9.17) is 4.74 Å². The number of benzene rings is 1. The van der Waals surface area contributed by atoms with Crippen LogP contribution in [0.4, 0.5) is 0 Å².